The van der Waals surface area contributed by atoms with Crippen LogP contribution in [0.1, 0.15) is 20.0 Å². The summed E-state index contributed by atoms with van der Waals surface area (Å²) in [6.45, 7) is -0.670. The van der Waals surface area contributed by atoms with Gasteiger partial charge in [0, 0.05) is 31.9 Å². The predicted octanol–water partition coefficient (Wildman–Crippen LogP) is 3.06. The first-order valence-electron chi connectivity index (χ1n) is 10.7. The highest BCUT2D eigenvalue weighted by molar-refractivity contribution is 7.89. The number of anilines is 2. The normalized spacial score (nSPS) is 11.1. The van der Waals surface area contributed by atoms with Gasteiger partial charge in [0.2, 0.25) is 10.0 Å². The standard InChI is InChI=1S/C24H25N3O8S2/c1-27(2)37(31,32)16-8-5-7-15(11-16)25-22(28)14-35-24(30)17-12-19(33-3)20(34-4)13-18(17)26-23(29)21-9-6-10-36-21/h5-13H,14H2,1-4H3,(H,25,28)(H,26,29). The smallest absolute Gasteiger partial charge is 0.340 e. The molecule has 11 nitrogen and oxygen atoms in total. The van der Waals surface area contributed by atoms with E-state index < -0.39 is 34.4 Å². The van der Waals surface area contributed by atoms with Crippen molar-refractivity contribution >= 4 is 50.5 Å². The summed E-state index contributed by atoms with van der Waals surface area (Å²) in [7, 11) is 1.88. The van der Waals surface area contributed by atoms with Crippen molar-refractivity contribution in [2.24, 2.45) is 0 Å². The van der Waals surface area contributed by atoms with Crippen LogP contribution in [0, 0.1) is 0 Å². The molecule has 0 saturated carbocycles. The second-order valence-corrected chi connectivity index (χ2v) is 10.7. The summed E-state index contributed by atoms with van der Waals surface area (Å²) in [6.07, 6.45) is 0. The van der Waals surface area contributed by atoms with Gasteiger partial charge < -0.3 is 24.8 Å². The maximum atomic E-state index is 12.9. The van der Waals surface area contributed by atoms with Crippen LogP contribution >= 0.6 is 11.3 Å². The molecule has 0 saturated heterocycles. The minimum absolute atomic E-state index is 0.0104. The Labute approximate surface area is 218 Å². The molecule has 0 radical (unpaired) electrons. The van der Waals surface area contributed by atoms with Gasteiger partial charge in [-0.25, -0.2) is 17.5 Å². The number of hydrogen-bond acceptors (Lipinski definition) is 9. The summed E-state index contributed by atoms with van der Waals surface area (Å²) >= 11 is 1.22. The van der Waals surface area contributed by atoms with Gasteiger partial charge in [-0.15, -0.1) is 11.3 Å². The average Bonchev–Trinajstić information content (AvgIpc) is 3.42. The van der Waals surface area contributed by atoms with Crippen molar-refractivity contribution in [1.29, 1.82) is 0 Å². The van der Waals surface area contributed by atoms with E-state index in [2.05, 4.69) is 10.6 Å². The molecule has 0 aliphatic heterocycles. The number of nitrogens with zero attached hydrogens (tertiary/aromatic N) is 1. The lowest BCUT2D eigenvalue weighted by atomic mass is 10.1. The molecule has 0 aliphatic carbocycles. The van der Waals surface area contributed by atoms with Crippen LogP contribution in [0.4, 0.5) is 11.4 Å². The lowest BCUT2D eigenvalue weighted by Gasteiger charge is -2.15. The van der Waals surface area contributed by atoms with E-state index in [0.29, 0.717) is 4.88 Å². The largest absolute Gasteiger partial charge is 0.493 e. The zero-order chi connectivity index (χ0) is 27.2. The lowest BCUT2D eigenvalue weighted by molar-refractivity contribution is -0.119. The van der Waals surface area contributed by atoms with E-state index in [1.54, 1.807) is 17.5 Å². The number of sulfonamides is 1. The third kappa shape index (κ3) is 6.64. The van der Waals surface area contributed by atoms with Crippen LogP contribution in [0.25, 0.3) is 0 Å². The highest BCUT2D eigenvalue weighted by Gasteiger charge is 2.22. The van der Waals surface area contributed by atoms with E-state index in [-0.39, 0.29) is 33.3 Å². The molecule has 1 heterocycles. The molecule has 0 spiro atoms. The van der Waals surface area contributed by atoms with Gasteiger partial charge in [-0.1, -0.05) is 12.1 Å². The second-order valence-electron chi connectivity index (χ2n) is 7.62. The van der Waals surface area contributed by atoms with E-state index in [4.69, 9.17) is 14.2 Å². The van der Waals surface area contributed by atoms with Gasteiger partial charge in [0.05, 0.1) is 35.2 Å². The minimum Gasteiger partial charge on any atom is -0.493 e. The fourth-order valence-corrected chi connectivity index (χ4v) is 4.66. The first-order chi connectivity index (χ1) is 17.6. The summed E-state index contributed by atoms with van der Waals surface area (Å²) in [5, 5.41) is 6.88. The number of carbonyl (C=O) groups excluding carboxylic acids is 3. The fraction of sp³-hybridized carbons (Fsp3) is 0.208. The van der Waals surface area contributed by atoms with Gasteiger partial charge >= 0.3 is 5.97 Å². The molecule has 3 rings (SSSR count). The van der Waals surface area contributed by atoms with Crippen LogP contribution in [-0.2, 0) is 19.6 Å². The summed E-state index contributed by atoms with van der Waals surface area (Å²) in [4.78, 5) is 38.3. The van der Waals surface area contributed by atoms with Crippen molar-refractivity contribution in [1.82, 2.24) is 4.31 Å². The molecular formula is C24H25N3O8S2. The molecule has 37 heavy (non-hydrogen) atoms. The van der Waals surface area contributed by atoms with Crippen molar-refractivity contribution in [2.45, 2.75) is 4.90 Å². The number of rotatable bonds is 10. The lowest BCUT2D eigenvalue weighted by Crippen LogP contribution is -2.23. The second kappa shape index (κ2) is 11.9. The molecule has 0 bridgehead atoms. The molecule has 0 atom stereocenters. The van der Waals surface area contributed by atoms with Gasteiger partial charge in [-0.2, -0.15) is 0 Å². The topological polar surface area (TPSA) is 140 Å². The number of hydrogen-bond donors (Lipinski definition) is 2. The van der Waals surface area contributed by atoms with E-state index in [1.165, 1.54) is 76.0 Å². The number of benzene rings is 2. The molecular weight excluding hydrogens is 522 g/mol. The quantitative estimate of drug-likeness (QED) is 0.369. The van der Waals surface area contributed by atoms with Crippen LogP contribution in [0.5, 0.6) is 11.5 Å². The number of amides is 2. The van der Waals surface area contributed by atoms with Crippen molar-refractivity contribution < 1.29 is 37.0 Å². The van der Waals surface area contributed by atoms with E-state index >= 15 is 0 Å². The number of esters is 1. The van der Waals surface area contributed by atoms with E-state index in [1.807, 2.05) is 0 Å². The minimum atomic E-state index is -3.70. The predicted molar refractivity (Wildman–Crippen MR) is 138 cm³/mol. The Morgan fingerprint density at radius 3 is 2.27 bits per heavy atom. The van der Waals surface area contributed by atoms with Gasteiger partial charge in [-0.05, 0) is 29.6 Å². The van der Waals surface area contributed by atoms with Gasteiger partial charge in [0.15, 0.2) is 18.1 Å². The number of methoxy groups -OCH3 is 2. The third-order valence-corrected chi connectivity index (χ3v) is 7.65. The molecule has 3 aromatic rings. The maximum Gasteiger partial charge on any atom is 0.340 e. The van der Waals surface area contributed by atoms with Crippen molar-refractivity contribution in [3.8, 4) is 11.5 Å². The Hall–Kier alpha value is -3.94. The van der Waals surface area contributed by atoms with Crippen molar-refractivity contribution in [3.63, 3.8) is 0 Å². The Kier molecular flexibility index (Phi) is 8.86. The Balaban J connectivity index is 1.75. The summed E-state index contributed by atoms with van der Waals surface area (Å²) < 4.78 is 41.4. The number of nitrogens with one attached hydrogen (secondary N) is 2. The monoisotopic (exact) mass is 547 g/mol. The average molecular weight is 548 g/mol. The van der Waals surface area contributed by atoms with Crippen molar-refractivity contribution in [3.05, 3.63) is 64.4 Å². The Bertz CT molecular complexity index is 1400. The first kappa shape index (κ1) is 27.6. The molecule has 2 aromatic carbocycles. The highest BCUT2D eigenvalue weighted by Crippen LogP contribution is 2.34. The summed E-state index contributed by atoms with van der Waals surface area (Å²) in [5.74, 6) is -1.56. The summed E-state index contributed by atoms with van der Waals surface area (Å²) in [6, 6.07) is 11.8. The molecule has 1 aromatic heterocycles. The number of carbonyl (C=O) groups is 3. The van der Waals surface area contributed by atoms with E-state index in [9.17, 15) is 22.8 Å². The SMILES string of the molecule is COc1cc(NC(=O)c2cccs2)c(C(=O)OCC(=O)Nc2cccc(S(=O)(=O)N(C)C)c2)cc1OC. The van der Waals surface area contributed by atoms with Crippen LogP contribution in [0.15, 0.2) is 58.8 Å². The van der Waals surface area contributed by atoms with Crippen LogP contribution in [-0.4, -0.2) is 65.4 Å². The highest BCUT2D eigenvalue weighted by atomic mass is 32.2. The van der Waals surface area contributed by atoms with Gasteiger partial charge in [-0.3, -0.25) is 9.59 Å². The maximum absolute atomic E-state index is 12.9. The van der Waals surface area contributed by atoms with E-state index in [0.717, 1.165) is 4.31 Å². The first-order valence-corrected chi connectivity index (χ1v) is 13.0. The Morgan fingerprint density at radius 1 is 0.946 bits per heavy atom. The molecule has 0 aliphatic rings. The van der Waals surface area contributed by atoms with Crippen LogP contribution < -0.4 is 20.1 Å². The molecule has 2 N–H and O–H groups in total. The molecule has 2 amide bonds. The fourth-order valence-electron chi connectivity index (χ4n) is 3.09. The zero-order valence-corrected chi connectivity index (χ0v) is 22.1. The number of ether oxygens (including phenoxy) is 3. The van der Waals surface area contributed by atoms with Crippen molar-refractivity contribution in [2.75, 3.05) is 45.6 Å². The van der Waals surface area contributed by atoms with Gasteiger partial charge in [0.1, 0.15) is 0 Å². The Morgan fingerprint density at radius 2 is 1.65 bits per heavy atom. The number of thiophene rings is 1. The molecule has 0 unspecified atom stereocenters. The molecule has 196 valence electrons. The van der Waals surface area contributed by atoms with Gasteiger partial charge in [0.25, 0.3) is 11.8 Å². The van der Waals surface area contributed by atoms with Crippen LogP contribution in [0.2, 0.25) is 0 Å². The molecule has 0 fully saturated rings. The summed E-state index contributed by atoms with van der Waals surface area (Å²) in [5.41, 5.74) is 0.247. The molecule has 13 heteroatoms. The third-order valence-electron chi connectivity index (χ3n) is 4.97. The zero-order valence-electron chi connectivity index (χ0n) is 20.4. The van der Waals surface area contributed by atoms with Crippen LogP contribution in [0.3, 0.4) is 0 Å².